The summed E-state index contributed by atoms with van der Waals surface area (Å²) in [7, 11) is 0. The van der Waals surface area contributed by atoms with Gasteiger partial charge in [0, 0.05) is 0 Å². The Bertz CT molecular complexity index is 611. The fourth-order valence-corrected chi connectivity index (χ4v) is 2.22. The van der Waals surface area contributed by atoms with Gasteiger partial charge in [-0.3, -0.25) is 5.32 Å². The molecule has 0 spiro atoms. The molecule has 0 bridgehead atoms. The number of benzene rings is 1. The number of rotatable bonds is 1. The van der Waals surface area contributed by atoms with E-state index in [1.165, 1.54) is 11.8 Å². The molecular weight excluding hydrogens is 254 g/mol. The molecule has 86 valence electrons. The second kappa shape index (κ2) is 5.12. The third-order valence-electron chi connectivity index (χ3n) is 2.17. The number of nitrogens with one attached hydrogen (secondary N) is 1. The zero-order valence-electron chi connectivity index (χ0n) is 9.26. The predicted octanol–water partition coefficient (Wildman–Crippen LogP) is 2.42. The minimum absolute atomic E-state index is 0.552. The van der Waals surface area contributed by atoms with Crippen LogP contribution in [-0.4, -0.2) is 20.2 Å². The quantitative estimate of drug-likeness (QED) is 0.370. The van der Waals surface area contributed by atoms with Crippen LogP contribution in [0, 0.1) is 18.4 Å². The van der Waals surface area contributed by atoms with Crippen LogP contribution in [0.5, 0.6) is 0 Å². The molecule has 2 rings (SSSR count). The lowest BCUT2D eigenvalue weighted by molar-refractivity contribution is 1.27. The van der Waals surface area contributed by atoms with Crippen molar-refractivity contribution in [3.05, 3.63) is 17.7 Å². The van der Waals surface area contributed by atoms with E-state index in [-0.39, 0.29) is 0 Å². The molecule has 0 aliphatic carbocycles. The first-order valence-electron chi connectivity index (χ1n) is 4.76. The monoisotopic (exact) mass is 263 g/mol. The number of aryl methyl sites for hydroxylation is 1. The van der Waals surface area contributed by atoms with Gasteiger partial charge in [-0.15, -0.1) is 0 Å². The third-order valence-corrected chi connectivity index (χ3v) is 3.30. The van der Waals surface area contributed by atoms with Crippen LogP contribution in [0.4, 0.5) is 5.69 Å². The molecule has 0 aliphatic rings. The molecule has 17 heavy (non-hydrogen) atoms. The van der Waals surface area contributed by atoms with Crippen molar-refractivity contribution in [1.82, 2.24) is 14.1 Å². The van der Waals surface area contributed by atoms with Crippen molar-refractivity contribution in [2.45, 2.75) is 6.92 Å². The molecule has 1 aromatic carbocycles. The van der Waals surface area contributed by atoms with Gasteiger partial charge in [0.25, 0.3) is 0 Å². The maximum atomic E-state index is 8.61. The summed E-state index contributed by atoms with van der Waals surface area (Å²) in [4.78, 5) is 4.42. The Balaban J connectivity index is 2.57. The second-order valence-electron chi connectivity index (χ2n) is 3.22. The van der Waals surface area contributed by atoms with E-state index in [9.17, 15) is 0 Å². The van der Waals surface area contributed by atoms with Crippen LogP contribution in [0.2, 0.25) is 0 Å². The highest BCUT2D eigenvalue weighted by Gasteiger charge is 2.08. The van der Waals surface area contributed by atoms with E-state index >= 15 is 0 Å². The normalized spacial score (nSPS) is 11.5. The molecule has 2 aromatic rings. The third kappa shape index (κ3) is 2.38. The van der Waals surface area contributed by atoms with E-state index in [4.69, 9.17) is 5.26 Å². The first-order chi connectivity index (χ1) is 8.26. The summed E-state index contributed by atoms with van der Waals surface area (Å²) in [5.74, 6) is 0. The molecule has 0 radical (unpaired) electrons. The van der Waals surface area contributed by atoms with Gasteiger partial charge in [-0.25, -0.2) is 4.99 Å². The molecular formula is C10H9N5S2. The van der Waals surface area contributed by atoms with E-state index in [0.717, 1.165) is 34.0 Å². The highest BCUT2D eigenvalue weighted by Crippen LogP contribution is 2.28. The molecule has 0 fully saturated rings. The van der Waals surface area contributed by atoms with Gasteiger partial charge < -0.3 is 0 Å². The van der Waals surface area contributed by atoms with Crippen molar-refractivity contribution >= 4 is 45.4 Å². The number of hydrogen-bond donors (Lipinski definition) is 1. The Morgan fingerprint density at radius 1 is 1.53 bits per heavy atom. The van der Waals surface area contributed by atoms with Crippen molar-refractivity contribution in [1.29, 1.82) is 5.26 Å². The number of hydrogen-bond acceptors (Lipinski definition) is 6. The van der Waals surface area contributed by atoms with Gasteiger partial charge >= 0.3 is 0 Å². The lowest BCUT2D eigenvalue weighted by atomic mass is 10.2. The van der Waals surface area contributed by atoms with Crippen molar-refractivity contribution in [3.63, 3.8) is 0 Å². The van der Waals surface area contributed by atoms with Crippen LogP contribution >= 0.6 is 23.5 Å². The maximum absolute atomic E-state index is 8.61. The summed E-state index contributed by atoms with van der Waals surface area (Å²) in [6.07, 6.45) is 3.72. The van der Waals surface area contributed by atoms with Crippen LogP contribution in [0.1, 0.15) is 5.56 Å². The molecule has 1 heterocycles. The van der Waals surface area contributed by atoms with E-state index in [0.29, 0.717) is 5.17 Å². The predicted molar refractivity (Wildman–Crippen MR) is 71.5 cm³/mol. The Hall–Kier alpha value is -1.65. The van der Waals surface area contributed by atoms with E-state index in [1.807, 2.05) is 31.5 Å². The van der Waals surface area contributed by atoms with E-state index < -0.39 is 0 Å². The summed E-state index contributed by atoms with van der Waals surface area (Å²) < 4.78 is 8.40. The number of fused-ring (bicyclic) bond motifs is 1. The van der Waals surface area contributed by atoms with Gasteiger partial charge in [-0.05, 0) is 24.8 Å². The van der Waals surface area contributed by atoms with Crippen LogP contribution in [0.15, 0.2) is 17.1 Å². The van der Waals surface area contributed by atoms with Gasteiger partial charge in [0.05, 0.1) is 17.4 Å². The molecule has 0 amide bonds. The smallest absolute Gasteiger partial charge is 0.183 e. The first kappa shape index (κ1) is 11.8. The van der Waals surface area contributed by atoms with Crippen molar-refractivity contribution in [2.75, 3.05) is 6.26 Å². The fourth-order valence-electron chi connectivity index (χ4n) is 1.35. The Labute approximate surface area is 107 Å². The average molecular weight is 263 g/mol. The lowest BCUT2D eigenvalue weighted by Crippen LogP contribution is -2.12. The summed E-state index contributed by atoms with van der Waals surface area (Å²) in [5, 5.41) is 11.7. The number of nitriles is 1. The number of thioether (sulfide) groups is 1. The minimum atomic E-state index is 0.552. The average Bonchev–Trinajstić information content (AvgIpc) is 2.80. The van der Waals surface area contributed by atoms with Gasteiger partial charge in [0.1, 0.15) is 11.0 Å². The van der Waals surface area contributed by atoms with Crippen LogP contribution in [0.25, 0.3) is 11.0 Å². The number of aliphatic imine (C=N–C) groups is 1. The molecule has 0 atom stereocenters. The summed E-state index contributed by atoms with van der Waals surface area (Å²) >= 11 is 2.54. The summed E-state index contributed by atoms with van der Waals surface area (Å²) in [6.45, 7) is 1.96. The maximum Gasteiger partial charge on any atom is 0.183 e. The number of nitrogens with zero attached hydrogens (tertiary/aromatic N) is 4. The van der Waals surface area contributed by atoms with Gasteiger partial charge in [-0.2, -0.15) is 14.0 Å². The molecule has 5 nitrogen and oxygen atoms in total. The number of aromatic nitrogens is 2. The zero-order valence-corrected chi connectivity index (χ0v) is 10.9. The Morgan fingerprint density at radius 3 is 3.06 bits per heavy atom. The molecule has 1 N–H and O–H groups in total. The van der Waals surface area contributed by atoms with E-state index in [1.54, 1.807) is 0 Å². The van der Waals surface area contributed by atoms with Crippen molar-refractivity contribution in [3.8, 4) is 6.19 Å². The molecule has 0 unspecified atom stereocenters. The molecule has 0 saturated carbocycles. The van der Waals surface area contributed by atoms with Crippen LogP contribution in [0.3, 0.4) is 0 Å². The standard InChI is InChI=1S/C10H9N5S2/c1-6-3-4-7-9(15-17-14-7)8(6)13-10(16-2)12-5-11/h3-4H,1-2H3,(H,12,13). The topological polar surface area (TPSA) is 74.0 Å². The van der Waals surface area contributed by atoms with Gasteiger partial charge in [0.2, 0.25) is 0 Å². The molecule has 0 aliphatic heterocycles. The highest BCUT2D eigenvalue weighted by atomic mass is 32.2. The second-order valence-corrected chi connectivity index (χ2v) is 4.54. The first-order valence-corrected chi connectivity index (χ1v) is 6.71. The molecule has 7 heteroatoms. The molecule has 0 saturated heterocycles. The lowest BCUT2D eigenvalue weighted by Gasteiger charge is -2.03. The van der Waals surface area contributed by atoms with Crippen LogP contribution < -0.4 is 5.32 Å². The van der Waals surface area contributed by atoms with E-state index in [2.05, 4.69) is 19.1 Å². The highest BCUT2D eigenvalue weighted by molar-refractivity contribution is 8.13. The molecule has 1 aromatic heterocycles. The Morgan fingerprint density at radius 2 is 2.35 bits per heavy atom. The minimum Gasteiger partial charge on any atom is -0.271 e. The SMILES string of the molecule is CSC(=Nc1c(C)ccc2nsnc12)NC#N. The Kier molecular flexibility index (Phi) is 3.56. The van der Waals surface area contributed by atoms with Gasteiger partial charge in [0.15, 0.2) is 11.4 Å². The van der Waals surface area contributed by atoms with Gasteiger partial charge in [-0.1, -0.05) is 17.8 Å². The fraction of sp³-hybridized carbons (Fsp3) is 0.200. The summed E-state index contributed by atoms with van der Waals surface area (Å²) in [6, 6.07) is 3.87. The summed E-state index contributed by atoms with van der Waals surface area (Å²) in [5.41, 5.74) is 3.39. The largest absolute Gasteiger partial charge is 0.271 e. The van der Waals surface area contributed by atoms with Crippen LogP contribution in [-0.2, 0) is 0 Å². The van der Waals surface area contributed by atoms with Crippen molar-refractivity contribution < 1.29 is 0 Å². The zero-order chi connectivity index (χ0) is 12.3. The van der Waals surface area contributed by atoms with Crippen molar-refractivity contribution in [2.24, 2.45) is 4.99 Å². The number of amidine groups is 1.